The monoisotopic (exact) mass is 196 g/mol. The van der Waals surface area contributed by atoms with Crippen LogP contribution in [-0.2, 0) is 10.3 Å². The van der Waals surface area contributed by atoms with Crippen molar-refractivity contribution in [3.05, 3.63) is 23.8 Å². The molecule has 0 aromatic heterocycles. The van der Waals surface area contributed by atoms with Crippen molar-refractivity contribution in [1.29, 1.82) is 0 Å². The molecule has 0 aliphatic carbocycles. The number of nitrogen functional groups attached to an aromatic ring is 1. The second-order valence-electron chi connectivity index (χ2n) is 3.28. The Morgan fingerprint density at radius 3 is 2.57 bits per heavy atom. The highest BCUT2D eigenvalue weighted by Crippen LogP contribution is 2.27. The first-order chi connectivity index (χ1) is 6.35. The van der Waals surface area contributed by atoms with E-state index in [1.165, 1.54) is 25.1 Å². The van der Waals surface area contributed by atoms with Gasteiger partial charge in [-0.3, -0.25) is 0 Å². The summed E-state index contributed by atoms with van der Waals surface area (Å²) in [5.74, 6) is -1.26. The van der Waals surface area contributed by atoms with E-state index in [0.29, 0.717) is 0 Å². The van der Waals surface area contributed by atoms with Crippen LogP contribution in [0.2, 0.25) is 0 Å². The summed E-state index contributed by atoms with van der Waals surface area (Å²) in [7, 11) is 0. The summed E-state index contributed by atoms with van der Waals surface area (Å²) >= 11 is 0. The first-order valence-electron chi connectivity index (χ1n) is 3.97. The Hall–Kier alpha value is -1.75. The summed E-state index contributed by atoms with van der Waals surface area (Å²) in [4.78, 5) is 10.8. The van der Waals surface area contributed by atoms with E-state index < -0.39 is 11.5 Å². The summed E-state index contributed by atoms with van der Waals surface area (Å²) in [5, 5.41) is 18.0. The lowest BCUT2D eigenvalue weighted by Crippen LogP contribution is -2.42. The van der Waals surface area contributed by atoms with Crippen molar-refractivity contribution >= 4 is 11.7 Å². The maximum absolute atomic E-state index is 10.8. The number of carboxylic acid groups (broad SMARTS) is 1. The van der Waals surface area contributed by atoms with Gasteiger partial charge < -0.3 is 21.7 Å². The van der Waals surface area contributed by atoms with Gasteiger partial charge in [0.1, 0.15) is 11.3 Å². The second kappa shape index (κ2) is 3.19. The highest BCUT2D eigenvalue weighted by molar-refractivity contribution is 5.82. The number of hydrogen-bond donors (Lipinski definition) is 4. The van der Waals surface area contributed by atoms with Crippen LogP contribution in [0.4, 0.5) is 5.69 Å². The van der Waals surface area contributed by atoms with Crippen molar-refractivity contribution in [1.82, 2.24) is 0 Å². The Kier molecular flexibility index (Phi) is 2.35. The second-order valence-corrected chi connectivity index (χ2v) is 3.28. The third-order valence-corrected chi connectivity index (χ3v) is 2.04. The van der Waals surface area contributed by atoms with Crippen LogP contribution in [0.3, 0.4) is 0 Å². The highest BCUT2D eigenvalue weighted by atomic mass is 16.4. The van der Waals surface area contributed by atoms with E-state index in [2.05, 4.69) is 0 Å². The van der Waals surface area contributed by atoms with Crippen molar-refractivity contribution in [2.24, 2.45) is 5.73 Å². The molecule has 1 aromatic rings. The normalized spacial score (nSPS) is 14.7. The maximum atomic E-state index is 10.8. The first-order valence-corrected chi connectivity index (χ1v) is 3.97. The SMILES string of the molecule is CC(N)(C(=O)O)c1cc(O)ccc1N. The van der Waals surface area contributed by atoms with Gasteiger partial charge in [0.15, 0.2) is 0 Å². The molecular formula is C9H12N2O3. The minimum atomic E-state index is -1.59. The summed E-state index contributed by atoms with van der Waals surface area (Å²) < 4.78 is 0. The molecule has 76 valence electrons. The largest absolute Gasteiger partial charge is 0.508 e. The van der Waals surface area contributed by atoms with Gasteiger partial charge in [-0.05, 0) is 25.1 Å². The van der Waals surface area contributed by atoms with Crippen molar-refractivity contribution in [2.75, 3.05) is 5.73 Å². The molecule has 0 aliphatic rings. The van der Waals surface area contributed by atoms with Gasteiger partial charge in [0.05, 0.1) is 0 Å². The molecule has 1 unspecified atom stereocenters. The fourth-order valence-electron chi connectivity index (χ4n) is 1.11. The quantitative estimate of drug-likeness (QED) is 0.400. The Balaban J connectivity index is 3.31. The first kappa shape index (κ1) is 10.3. The number of benzene rings is 1. The van der Waals surface area contributed by atoms with Crippen LogP contribution < -0.4 is 11.5 Å². The third kappa shape index (κ3) is 1.62. The van der Waals surface area contributed by atoms with Gasteiger partial charge in [0.2, 0.25) is 0 Å². The molecule has 1 atom stereocenters. The van der Waals surface area contributed by atoms with E-state index in [1.54, 1.807) is 0 Å². The number of phenolic OH excluding ortho intramolecular Hbond substituents is 1. The maximum Gasteiger partial charge on any atom is 0.328 e. The van der Waals surface area contributed by atoms with Gasteiger partial charge in [-0.15, -0.1) is 0 Å². The summed E-state index contributed by atoms with van der Waals surface area (Å²) in [6.45, 7) is 1.32. The number of nitrogens with two attached hydrogens (primary N) is 2. The number of rotatable bonds is 2. The number of phenols is 1. The Morgan fingerprint density at radius 2 is 2.07 bits per heavy atom. The average molecular weight is 196 g/mol. The summed E-state index contributed by atoms with van der Waals surface area (Å²) in [6, 6.07) is 4.04. The molecule has 0 bridgehead atoms. The van der Waals surface area contributed by atoms with Crippen molar-refractivity contribution < 1.29 is 15.0 Å². The van der Waals surface area contributed by atoms with E-state index >= 15 is 0 Å². The van der Waals surface area contributed by atoms with E-state index in [4.69, 9.17) is 16.6 Å². The molecule has 6 N–H and O–H groups in total. The van der Waals surface area contributed by atoms with Crippen molar-refractivity contribution in [2.45, 2.75) is 12.5 Å². The fraction of sp³-hybridized carbons (Fsp3) is 0.222. The molecule has 0 heterocycles. The van der Waals surface area contributed by atoms with Crippen LogP contribution in [0.25, 0.3) is 0 Å². The van der Waals surface area contributed by atoms with Gasteiger partial charge in [-0.2, -0.15) is 0 Å². The summed E-state index contributed by atoms with van der Waals surface area (Å²) in [6.07, 6.45) is 0. The van der Waals surface area contributed by atoms with Crippen LogP contribution in [-0.4, -0.2) is 16.2 Å². The minimum absolute atomic E-state index is 0.0628. The molecule has 0 radical (unpaired) electrons. The van der Waals surface area contributed by atoms with Crippen LogP contribution in [0.5, 0.6) is 5.75 Å². The van der Waals surface area contributed by atoms with E-state index in [-0.39, 0.29) is 17.0 Å². The minimum Gasteiger partial charge on any atom is -0.508 e. The number of aliphatic carboxylic acids is 1. The van der Waals surface area contributed by atoms with Crippen LogP contribution >= 0.6 is 0 Å². The van der Waals surface area contributed by atoms with E-state index in [9.17, 15) is 9.90 Å². The number of hydrogen-bond acceptors (Lipinski definition) is 4. The highest BCUT2D eigenvalue weighted by Gasteiger charge is 2.32. The number of carbonyl (C=O) groups is 1. The zero-order chi connectivity index (χ0) is 10.9. The zero-order valence-corrected chi connectivity index (χ0v) is 7.69. The average Bonchev–Trinajstić information content (AvgIpc) is 2.08. The van der Waals surface area contributed by atoms with Gasteiger partial charge in [0.25, 0.3) is 0 Å². The molecule has 0 amide bonds. The molecule has 0 fully saturated rings. The Morgan fingerprint density at radius 1 is 1.50 bits per heavy atom. The predicted octanol–water partition coefficient (Wildman–Crippen LogP) is 0.233. The zero-order valence-electron chi connectivity index (χ0n) is 7.69. The van der Waals surface area contributed by atoms with E-state index in [0.717, 1.165) is 0 Å². The standard InChI is InChI=1S/C9H12N2O3/c1-9(11,8(13)14)6-4-5(12)2-3-7(6)10/h2-4,12H,10-11H2,1H3,(H,13,14). The number of anilines is 1. The van der Waals surface area contributed by atoms with Gasteiger partial charge in [-0.25, -0.2) is 4.79 Å². The molecule has 1 aromatic carbocycles. The number of carboxylic acids is 1. The Bertz CT molecular complexity index is 374. The Labute approximate surface area is 81.0 Å². The van der Waals surface area contributed by atoms with Gasteiger partial charge in [0, 0.05) is 11.3 Å². The van der Waals surface area contributed by atoms with Crippen LogP contribution in [0.1, 0.15) is 12.5 Å². The molecule has 0 saturated heterocycles. The smallest absolute Gasteiger partial charge is 0.328 e. The topological polar surface area (TPSA) is 110 Å². The fourth-order valence-corrected chi connectivity index (χ4v) is 1.11. The lowest BCUT2D eigenvalue weighted by Gasteiger charge is -2.21. The third-order valence-electron chi connectivity index (χ3n) is 2.04. The van der Waals surface area contributed by atoms with Gasteiger partial charge >= 0.3 is 5.97 Å². The molecule has 5 heteroatoms. The summed E-state index contributed by atoms with van der Waals surface area (Å²) in [5.41, 5.74) is 9.97. The van der Waals surface area contributed by atoms with Crippen molar-refractivity contribution in [3.8, 4) is 5.75 Å². The molecular weight excluding hydrogens is 184 g/mol. The molecule has 5 nitrogen and oxygen atoms in total. The van der Waals surface area contributed by atoms with Crippen LogP contribution in [0, 0.1) is 0 Å². The number of aromatic hydroxyl groups is 1. The van der Waals surface area contributed by atoms with Crippen LogP contribution in [0.15, 0.2) is 18.2 Å². The van der Waals surface area contributed by atoms with Gasteiger partial charge in [-0.1, -0.05) is 0 Å². The molecule has 14 heavy (non-hydrogen) atoms. The lowest BCUT2D eigenvalue weighted by atomic mass is 9.92. The van der Waals surface area contributed by atoms with Crippen molar-refractivity contribution in [3.63, 3.8) is 0 Å². The molecule has 0 aliphatic heterocycles. The molecule has 0 spiro atoms. The predicted molar refractivity (Wildman–Crippen MR) is 51.7 cm³/mol. The molecule has 0 saturated carbocycles. The lowest BCUT2D eigenvalue weighted by molar-refractivity contribution is -0.143. The van der Waals surface area contributed by atoms with E-state index in [1.807, 2.05) is 0 Å². The molecule has 1 rings (SSSR count).